The number of benzene rings is 1. The molecule has 0 spiro atoms. The molecule has 0 radical (unpaired) electrons. The number of aryl methyl sites for hydroxylation is 2. The number of alkyl halides is 1. The number of carbonyl (C=O) groups is 2. The first kappa shape index (κ1) is 15.7. The molecule has 0 saturated heterocycles. The van der Waals surface area contributed by atoms with Gasteiger partial charge in [-0.15, -0.1) is 22.9 Å². The second-order valence-electron chi connectivity index (χ2n) is 4.63. The summed E-state index contributed by atoms with van der Waals surface area (Å²) in [6, 6.07) is 9.28. The number of ketones is 1. The molecular formula is C16H16ClNO2S. The Morgan fingerprint density at radius 3 is 2.57 bits per heavy atom. The van der Waals surface area contributed by atoms with Crippen molar-refractivity contribution in [3.05, 3.63) is 51.9 Å². The van der Waals surface area contributed by atoms with Gasteiger partial charge < -0.3 is 5.32 Å². The van der Waals surface area contributed by atoms with Crippen LogP contribution in [0.15, 0.2) is 30.3 Å². The van der Waals surface area contributed by atoms with Crippen LogP contribution in [0.5, 0.6) is 0 Å². The van der Waals surface area contributed by atoms with Crippen molar-refractivity contribution in [1.82, 2.24) is 0 Å². The number of anilines is 1. The van der Waals surface area contributed by atoms with Gasteiger partial charge in [-0.25, -0.2) is 0 Å². The molecule has 0 aliphatic rings. The van der Waals surface area contributed by atoms with E-state index >= 15 is 0 Å². The lowest BCUT2D eigenvalue weighted by Crippen LogP contribution is -2.14. The molecule has 1 amide bonds. The van der Waals surface area contributed by atoms with Crippen molar-refractivity contribution in [1.29, 1.82) is 0 Å². The van der Waals surface area contributed by atoms with Gasteiger partial charge in [-0.05, 0) is 25.0 Å². The highest BCUT2D eigenvalue weighted by Gasteiger charge is 2.19. The van der Waals surface area contributed by atoms with E-state index in [9.17, 15) is 9.59 Å². The lowest BCUT2D eigenvalue weighted by molar-refractivity contribution is -0.113. The second-order valence-corrected chi connectivity index (χ2v) is 6.04. The molecule has 0 fully saturated rings. The van der Waals surface area contributed by atoms with Gasteiger partial charge in [0.1, 0.15) is 10.9 Å². The Kier molecular flexibility index (Phi) is 5.15. The molecule has 2 aromatic rings. The van der Waals surface area contributed by atoms with Crippen molar-refractivity contribution < 1.29 is 9.59 Å². The van der Waals surface area contributed by atoms with E-state index in [2.05, 4.69) is 5.32 Å². The summed E-state index contributed by atoms with van der Waals surface area (Å²) in [5.41, 5.74) is 2.10. The maximum atomic E-state index is 12.7. The van der Waals surface area contributed by atoms with Crippen LogP contribution in [0.3, 0.4) is 0 Å². The highest BCUT2D eigenvalue weighted by molar-refractivity contribution is 7.16. The molecule has 5 heteroatoms. The zero-order valence-electron chi connectivity index (χ0n) is 11.9. The Morgan fingerprint density at radius 2 is 1.95 bits per heavy atom. The number of hydrogen-bond acceptors (Lipinski definition) is 3. The summed E-state index contributed by atoms with van der Waals surface area (Å²) in [6.07, 6.45) is 0.815. The highest BCUT2D eigenvalue weighted by Crippen LogP contribution is 2.31. The average Bonchev–Trinajstić information content (AvgIpc) is 2.90. The van der Waals surface area contributed by atoms with Crippen LogP contribution in [0.4, 0.5) is 5.00 Å². The summed E-state index contributed by atoms with van der Waals surface area (Å²) >= 11 is 6.95. The van der Waals surface area contributed by atoms with Gasteiger partial charge in [-0.3, -0.25) is 9.59 Å². The van der Waals surface area contributed by atoms with E-state index in [4.69, 9.17) is 11.6 Å². The topological polar surface area (TPSA) is 46.2 Å². The van der Waals surface area contributed by atoms with Crippen LogP contribution in [-0.4, -0.2) is 17.6 Å². The van der Waals surface area contributed by atoms with E-state index in [0.29, 0.717) is 16.1 Å². The second kappa shape index (κ2) is 6.87. The molecule has 1 aromatic heterocycles. The SMILES string of the molecule is CCc1cc(C(=O)c2ccccc2C)c(NC(=O)CCl)s1. The third kappa shape index (κ3) is 3.52. The number of carbonyl (C=O) groups excluding carboxylic acids is 2. The first-order chi connectivity index (χ1) is 10.1. The van der Waals surface area contributed by atoms with Gasteiger partial charge in [0.2, 0.25) is 5.91 Å². The van der Waals surface area contributed by atoms with Crippen LogP contribution in [-0.2, 0) is 11.2 Å². The Labute approximate surface area is 132 Å². The zero-order valence-corrected chi connectivity index (χ0v) is 13.5. The van der Waals surface area contributed by atoms with Crippen LogP contribution in [0.25, 0.3) is 0 Å². The highest BCUT2D eigenvalue weighted by atomic mass is 35.5. The Bertz CT molecular complexity index is 679. The summed E-state index contributed by atoms with van der Waals surface area (Å²) in [5, 5.41) is 3.29. The largest absolute Gasteiger partial charge is 0.316 e. The lowest BCUT2D eigenvalue weighted by Gasteiger charge is -2.06. The van der Waals surface area contributed by atoms with E-state index in [-0.39, 0.29) is 17.6 Å². The zero-order chi connectivity index (χ0) is 15.4. The maximum absolute atomic E-state index is 12.7. The summed E-state index contributed by atoms with van der Waals surface area (Å²) in [7, 11) is 0. The minimum Gasteiger partial charge on any atom is -0.316 e. The number of amides is 1. The van der Waals surface area contributed by atoms with Gasteiger partial charge in [0.15, 0.2) is 5.78 Å². The standard InChI is InChI=1S/C16H16ClNO2S/c1-3-11-8-13(16(21-11)18-14(19)9-17)15(20)12-7-5-4-6-10(12)2/h4-8H,3,9H2,1-2H3,(H,18,19). The predicted molar refractivity (Wildman–Crippen MR) is 87.7 cm³/mol. The van der Waals surface area contributed by atoms with Gasteiger partial charge in [-0.2, -0.15) is 0 Å². The Balaban J connectivity index is 2.42. The van der Waals surface area contributed by atoms with E-state index in [0.717, 1.165) is 16.9 Å². The molecule has 21 heavy (non-hydrogen) atoms. The molecule has 0 unspecified atom stereocenters. The number of rotatable bonds is 5. The molecule has 110 valence electrons. The van der Waals surface area contributed by atoms with E-state index in [1.165, 1.54) is 11.3 Å². The molecule has 1 heterocycles. The van der Waals surface area contributed by atoms with Crippen molar-refractivity contribution >= 4 is 39.6 Å². The molecule has 0 atom stereocenters. The molecule has 0 aliphatic carbocycles. The molecule has 1 N–H and O–H groups in total. The monoisotopic (exact) mass is 321 g/mol. The first-order valence-corrected chi connectivity index (χ1v) is 8.00. The van der Waals surface area contributed by atoms with Gasteiger partial charge >= 0.3 is 0 Å². The third-order valence-electron chi connectivity index (χ3n) is 3.14. The lowest BCUT2D eigenvalue weighted by atomic mass is 10.0. The maximum Gasteiger partial charge on any atom is 0.239 e. The number of nitrogens with one attached hydrogen (secondary N) is 1. The van der Waals surface area contributed by atoms with E-state index in [1.54, 1.807) is 6.07 Å². The van der Waals surface area contributed by atoms with Gasteiger partial charge in [0.25, 0.3) is 0 Å². The van der Waals surface area contributed by atoms with Crippen molar-refractivity contribution in [3.8, 4) is 0 Å². The van der Waals surface area contributed by atoms with Crippen molar-refractivity contribution in [3.63, 3.8) is 0 Å². The normalized spacial score (nSPS) is 10.4. The van der Waals surface area contributed by atoms with Crippen molar-refractivity contribution in [2.24, 2.45) is 0 Å². The predicted octanol–water partition coefficient (Wildman–Crippen LogP) is 4.03. The fraction of sp³-hybridized carbons (Fsp3) is 0.250. The van der Waals surface area contributed by atoms with Crippen LogP contribution < -0.4 is 5.32 Å². The van der Waals surface area contributed by atoms with E-state index in [1.807, 2.05) is 38.1 Å². The minimum atomic E-state index is -0.306. The smallest absolute Gasteiger partial charge is 0.239 e. The van der Waals surface area contributed by atoms with Gasteiger partial charge in [-0.1, -0.05) is 31.2 Å². The summed E-state index contributed by atoms with van der Waals surface area (Å²) in [5.74, 6) is -0.508. The summed E-state index contributed by atoms with van der Waals surface area (Å²) in [4.78, 5) is 25.3. The van der Waals surface area contributed by atoms with Crippen LogP contribution in [0, 0.1) is 6.92 Å². The minimum absolute atomic E-state index is 0.0751. The fourth-order valence-corrected chi connectivity index (χ4v) is 3.09. The Morgan fingerprint density at radius 1 is 1.24 bits per heavy atom. The Hall–Kier alpha value is -1.65. The van der Waals surface area contributed by atoms with Gasteiger partial charge in [0, 0.05) is 10.4 Å². The van der Waals surface area contributed by atoms with Gasteiger partial charge in [0.05, 0.1) is 5.56 Å². The average molecular weight is 322 g/mol. The van der Waals surface area contributed by atoms with Crippen LogP contribution >= 0.6 is 22.9 Å². The molecule has 0 saturated carbocycles. The number of thiophene rings is 1. The molecular weight excluding hydrogens is 306 g/mol. The van der Waals surface area contributed by atoms with Crippen molar-refractivity contribution in [2.45, 2.75) is 20.3 Å². The first-order valence-electron chi connectivity index (χ1n) is 6.65. The quantitative estimate of drug-likeness (QED) is 0.667. The number of halogens is 1. The fourth-order valence-electron chi connectivity index (χ4n) is 2.01. The number of hydrogen-bond donors (Lipinski definition) is 1. The van der Waals surface area contributed by atoms with Crippen LogP contribution in [0.2, 0.25) is 0 Å². The van der Waals surface area contributed by atoms with E-state index < -0.39 is 0 Å². The molecule has 0 bridgehead atoms. The summed E-state index contributed by atoms with van der Waals surface area (Å²) < 4.78 is 0. The molecule has 1 aromatic carbocycles. The molecule has 2 rings (SSSR count). The van der Waals surface area contributed by atoms with Crippen molar-refractivity contribution in [2.75, 3.05) is 11.2 Å². The van der Waals surface area contributed by atoms with Crippen LogP contribution in [0.1, 0.15) is 33.3 Å². The third-order valence-corrected chi connectivity index (χ3v) is 4.58. The molecule has 0 aliphatic heterocycles. The molecule has 3 nitrogen and oxygen atoms in total. The summed E-state index contributed by atoms with van der Waals surface area (Å²) in [6.45, 7) is 3.92.